The molecule has 75 heavy (non-hydrogen) atoms. The predicted octanol–water partition coefficient (Wildman–Crippen LogP) is 12.6. The Morgan fingerprint density at radius 1 is 0.507 bits per heavy atom. The molecule has 3 aliphatic heterocycles. The number of rotatable bonds is 19. The van der Waals surface area contributed by atoms with Gasteiger partial charge in [0.2, 0.25) is 0 Å². The molecule has 0 amide bonds. The van der Waals surface area contributed by atoms with Crippen LogP contribution in [0.15, 0.2) is 109 Å². The molecule has 6 aliphatic rings. The van der Waals surface area contributed by atoms with E-state index >= 15 is 4.79 Å². The van der Waals surface area contributed by atoms with E-state index in [1.54, 1.807) is 14.2 Å². The summed E-state index contributed by atoms with van der Waals surface area (Å²) in [5, 5.41) is 6.33. The van der Waals surface area contributed by atoms with Crippen LogP contribution in [0.5, 0.6) is 17.2 Å². The van der Waals surface area contributed by atoms with E-state index in [4.69, 9.17) is 14.2 Å². The van der Waals surface area contributed by atoms with Crippen molar-refractivity contribution in [3.63, 3.8) is 0 Å². The first kappa shape index (κ1) is 50.2. The number of likely N-dealkylation sites (tertiary alicyclic amines) is 3. The molecule has 6 fully saturated rings. The number of ketones is 3. The Morgan fingerprint density at radius 3 is 1.71 bits per heavy atom. The number of carbonyl (C=O) groups excluding carboxylic acids is 3. The first-order valence-corrected chi connectivity index (χ1v) is 28.7. The lowest BCUT2D eigenvalue weighted by Crippen LogP contribution is -2.52. The SMILES string of the molecule is COc1ccc2cc(C(=O)[C@@H]3CN(CC4CC4)C(COc4ccc5cc(C(=O)[C@H]6CN(CC7CC7)CC[C@H]6C)ccc5c4)C[C@H]3CC3CC3CN3CC[C@@H](C)[C@@H](C(=O)c4ccc5c(OC)cccc5c4)C3)ccc2c1. The largest absolute Gasteiger partial charge is 0.497 e. The molecular formula is C66H77N3O6. The third-order valence-electron chi connectivity index (χ3n) is 19.0. The van der Waals surface area contributed by atoms with E-state index in [1.807, 2.05) is 54.6 Å². The van der Waals surface area contributed by atoms with Gasteiger partial charge in [-0.3, -0.25) is 19.3 Å². The number of fused-ring (bicyclic) bond motifs is 3. The number of benzene rings is 6. The van der Waals surface area contributed by atoms with Crippen molar-refractivity contribution in [3.05, 3.63) is 126 Å². The zero-order valence-electron chi connectivity index (χ0n) is 44.8. The van der Waals surface area contributed by atoms with E-state index < -0.39 is 0 Å². The predicted molar refractivity (Wildman–Crippen MR) is 299 cm³/mol. The highest BCUT2D eigenvalue weighted by molar-refractivity contribution is 6.04. The fourth-order valence-corrected chi connectivity index (χ4v) is 13.7. The average Bonchev–Trinajstić information content (AvgIpc) is 4.35. The van der Waals surface area contributed by atoms with Gasteiger partial charge in [-0.1, -0.05) is 68.4 Å². The molecule has 0 radical (unpaired) electrons. The van der Waals surface area contributed by atoms with Gasteiger partial charge >= 0.3 is 0 Å². The minimum absolute atomic E-state index is 0.0389. The van der Waals surface area contributed by atoms with Crippen molar-refractivity contribution in [2.75, 3.05) is 73.2 Å². The van der Waals surface area contributed by atoms with Crippen LogP contribution in [0.1, 0.15) is 103 Å². The lowest BCUT2D eigenvalue weighted by atomic mass is 9.75. The second-order valence-electron chi connectivity index (χ2n) is 24.3. The van der Waals surface area contributed by atoms with Gasteiger partial charge in [0.05, 0.1) is 14.2 Å². The number of ether oxygens (including phenoxy) is 3. The van der Waals surface area contributed by atoms with E-state index in [9.17, 15) is 9.59 Å². The summed E-state index contributed by atoms with van der Waals surface area (Å²) in [4.78, 5) is 51.0. The standard InChI is InChI=1S/C66H77N3O6/c1-41-22-24-67(34-43-8-9-43)37-60(41)64(70)50-14-13-48-33-58(20-17-46(48)26-50)75-40-56-31-54(62(39-69(56)35-44-10-11-44)66(72)51-15-12-47-32-57(73-3)19-16-45(47)27-51)29-53-30-55(53)36-68-25-23-42(2)61(38-68)65(71)52-18-21-59-49(28-52)6-5-7-63(59)74-4/h5-7,12-21,26-28,32-33,41-44,53-56,60-62H,8-11,22-25,29-31,34-40H2,1-4H3/t41-,42-,53?,54-,55?,56?,60+,61+,62-/m1/s1. The number of piperidine rings is 3. The number of hydrogen-bond donors (Lipinski definition) is 0. The van der Waals surface area contributed by atoms with Crippen molar-refractivity contribution < 1.29 is 28.6 Å². The molecule has 6 aromatic carbocycles. The first-order chi connectivity index (χ1) is 36.5. The Kier molecular flexibility index (Phi) is 14.3. The maximum atomic E-state index is 15.1. The van der Waals surface area contributed by atoms with Crippen LogP contribution in [0.3, 0.4) is 0 Å². The van der Waals surface area contributed by atoms with Crippen LogP contribution in [0.4, 0.5) is 0 Å². The zero-order valence-corrected chi connectivity index (χ0v) is 44.8. The average molecular weight is 1010 g/mol. The molecule has 3 saturated carbocycles. The summed E-state index contributed by atoms with van der Waals surface area (Å²) < 4.78 is 17.9. The van der Waals surface area contributed by atoms with Crippen LogP contribution in [-0.2, 0) is 0 Å². The van der Waals surface area contributed by atoms with Crippen molar-refractivity contribution in [1.29, 1.82) is 0 Å². The fourth-order valence-electron chi connectivity index (χ4n) is 13.7. The number of Topliss-reactive ketones (excluding diaryl/α,β-unsaturated/α-hetero) is 3. The highest BCUT2D eigenvalue weighted by Crippen LogP contribution is 2.49. The fraction of sp³-hybridized carbons (Fsp3) is 0.500. The van der Waals surface area contributed by atoms with E-state index in [2.05, 4.69) is 83.1 Å². The smallest absolute Gasteiger partial charge is 0.167 e. The molecule has 392 valence electrons. The van der Waals surface area contributed by atoms with Gasteiger partial charge in [-0.25, -0.2) is 0 Å². The zero-order chi connectivity index (χ0) is 51.3. The van der Waals surface area contributed by atoms with Gasteiger partial charge in [0.25, 0.3) is 0 Å². The van der Waals surface area contributed by atoms with E-state index in [-0.39, 0.29) is 47.1 Å². The van der Waals surface area contributed by atoms with Gasteiger partial charge in [-0.05, 0) is 194 Å². The summed E-state index contributed by atoms with van der Waals surface area (Å²) in [6.45, 7) is 12.8. The van der Waals surface area contributed by atoms with E-state index in [1.165, 1.54) is 32.1 Å². The molecule has 0 aromatic heterocycles. The highest BCUT2D eigenvalue weighted by Gasteiger charge is 2.47. The molecule has 9 atom stereocenters. The number of nitrogens with zero attached hydrogens (tertiary/aromatic N) is 3. The maximum Gasteiger partial charge on any atom is 0.167 e. The molecule has 9 heteroatoms. The molecule has 0 bridgehead atoms. The van der Waals surface area contributed by atoms with Crippen LogP contribution in [-0.4, -0.2) is 111 Å². The lowest BCUT2D eigenvalue weighted by molar-refractivity contribution is 0.0256. The summed E-state index contributed by atoms with van der Waals surface area (Å²) in [6, 6.07) is 37.2. The third-order valence-corrected chi connectivity index (χ3v) is 19.0. The summed E-state index contributed by atoms with van der Waals surface area (Å²) in [7, 11) is 3.38. The second kappa shape index (κ2) is 21.4. The molecule has 3 unspecified atom stereocenters. The summed E-state index contributed by atoms with van der Waals surface area (Å²) in [5.41, 5.74) is 2.40. The molecule has 3 aliphatic carbocycles. The van der Waals surface area contributed by atoms with E-state index in [0.717, 1.165) is 150 Å². The van der Waals surface area contributed by atoms with Gasteiger partial charge in [-0.15, -0.1) is 0 Å². The molecule has 9 nitrogen and oxygen atoms in total. The Bertz CT molecular complexity index is 3090. The van der Waals surface area contributed by atoms with Crippen molar-refractivity contribution in [2.24, 2.45) is 59.2 Å². The van der Waals surface area contributed by atoms with Crippen molar-refractivity contribution >= 4 is 49.7 Å². The maximum absolute atomic E-state index is 15.1. The number of carbonyl (C=O) groups is 3. The van der Waals surface area contributed by atoms with Crippen molar-refractivity contribution in [3.8, 4) is 17.2 Å². The molecule has 0 N–H and O–H groups in total. The quantitative estimate of drug-likeness (QED) is 0.0736. The summed E-state index contributed by atoms with van der Waals surface area (Å²) in [6.07, 6.45) is 10.4. The second-order valence-corrected chi connectivity index (χ2v) is 24.3. The summed E-state index contributed by atoms with van der Waals surface area (Å²) in [5.74, 6) is 6.74. The molecular weight excluding hydrogens is 931 g/mol. The molecule has 12 rings (SSSR count). The van der Waals surface area contributed by atoms with Crippen LogP contribution < -0.4 is 14.2 Å². The monoisotopic (exact) mass is 1010 g/mol. The summed E-state index contributed by atoms with van der Waals surface area (Å²) >= 11 is 0. The van der Waals surface area contributed by atoms with Crippen LogP contribution >= 0.6 is 0 Å². The Balaban J connectivity index is 0.742. The Morgan fingerprint density at radius 2 is 1.07 bits per heavy atom. The van der Waals surface area contributed by atoms with Crippen LogP contribution in [0, 0.1) is 59.2 Å². The Hall–Kier alpha value is -5.61. The highest BCUT2D eigenvalue weighted by atomic mass is 16.5. The van der Waals surface area contributed by atoms with E-state index in [0.29, 0.717) is 36.2 Å². The van der Waals surface area contributed by atoms with Crippen molar-refractivity contribution in [1.82, 2.24) is 14.7 Å². The molecule has 0 spiro atoms. The number of methoxy groups -OCH3 is 2. The van der Waals surface area contributed by atoms with Gasteiger partial charge in [0, 0.05) is 85.1 Å². The minimum Gasteiger partial charge on any atom is -0.497 e. The molecule has 3 saturated heterocycles. The van der Waals surface area contributed by atoms with Crippen molar-refractivity contribution in [2.45, 2.75) is 77.7 Å². The van der Waals surface area contributed by atoms with Gasteiger partial charge in [0.15, 0.2) is 17.3 Å². The minimum atomic E-state index is -0.104. The lowest BCUT2D eigenvalue weighted by Gasteiger charge is -2.44. The first-order valence-electron chi connectivity index (χ1n) is 28.7. The van der Waals surface area contributed by atoms with Gasteiger partial charge in [-0.2, -0.15) is 0 Å². The van der Waals surface area contributed by atoms with Crippen LogP contribution in [0.2, 0.25) is 0 Å². The Labute approximate surface area is 444 Å². The van der Waals surface area contributed by atoms with Gasteiger partial charge < -0.3 is 24.0 Å². The third kappa shape index (κ3) is 11.2. The number of hydrogen-bond acceptors (Lipinski definition) is 9. The molecule has 3 heterocycles. The molecule has 6 aromatic rings. The van der Waals surface area contributed by atoms with Crippen LogP contribution in [0.25, 0.3) is 32.3 Å². The van der Waals surface area contributed by atoms with Gasteiger partial charge in [0.1, 0.15) is 23.9 Å². The normalized spacial score (nSPS) is 27.6. The topological polar surface area (TPSA) is 88.6 Å².